The summed E-state index contributed by atoms with van der Waals surface area (Å²) in [4.78, 5) is 22.4. The quantitative estimate of drug-likeness (QED) is 0.794. The Morgan fingerprint density at radius 1 is 1.19 bits per heavy atom. The molecule has 0 bridgehead atoms. The van der Waals surface area contributed by atoms with Crippen molar-refractivity contribution >= 4 is 28.4 Å². The van der Waals surface area contributed by atoms with Gasteiger partial charge in [0, 0.05) is 25.4 Å². The van der Waals surface area contributed by atoms with E-state index in [2.05, 4.69) is 5.32 Å². The summed E-state index contributed by atoms with van der Waals surface area (Å²) >= 11 is 0. The van der Waals surface area contributed by atoms with Crippen LogP contribution in [0.2, 0.25) is 0 Å². The third-order valence-corrected chi connectivity index (χ3v) is 2.36. The summed E-state index contributed by atoms with van der Waals surface area (Å²) in [5.41, 5.74) is 1.47. The Bertz CT molecular complexity index is 569. The second kappa shape index (κ2) is 3.81. The van der Waals surface area contributed by atoms with Crippen LogP contribution in [-0.2, 0) is 4.79 Å². The summed E-state index contributed by atoms with van der Waals surface area (Å²) in [5.74, 6) is -0.223. The van der Waals surface area contributed by atoms with Gasteiger partial charge in [0.1, 0.15) is 0 Å². The molecule has 2 aromatic rings. The number of amides is 1. The molecule has 0 unspecified atom stereocenters. The van der Waals surface area contributed by atoms with Crippen molar-refractivity contribution in [2.75, 3.05) is 5.32 Å². The maximum Gasteiger partial charge on any atom is 0.228 e. The second-order valence-corrected chi connectivity index (χ2v) is 3.63. The Labute approximate surface area is 92.9 Å². The van der Waals surface area contributed by atoms with Gasteiger partial charge in [0.05, 0.1) is 11.2 Å². The molecule has 0 spiro atoms. The van der Waals surface area contributed by atoms with Gasteiger partial charge >= 0.3 is 0 Å². The van der Waals surface area contributed by atoms with Gasteiger partial charge < -0.3 is 5.32 Å². The molecule has 0 aliphatic rings. The van der Waals surface area contributed by atoms with Gasteiger partial charge in [-0.05, 0) is 6.07 Å². The lowest BCUT2D eigenvalue weighted by atomic mass is 10.2. The first-order valence-electron chi connectivity index (χ1n) is 4.98. The molecule has 0 atom stereocenters. The van der Waals surface area contributed by atoms with Crippen molar-refractivity contribution in [3.63, 3.8) is 0 Å². The fourth-order valence-electron chi connectivity index (χ4n) is 1.73. The van der Waals surface area contributed by atoms with Crippen LogP contribution in [0.15, 0.2) is 30.5 Å². The Balaban J connectivity index is 2.66. The fraction of sp³-hybridized carbons (Fsp3) is 0.167. The Hall–Kier alpha value is -2.10. The number of nitrogens with one attached hydrogen (secondary N) is 1. The van der Waals surface area contributed by atoms with E-state index in [1.807, 2.05) is 24.3 Å². The summed E-state index contributed by atoms with van der Waals surface area (Å²) < 4.78 is 1.53. The average molecular weight is 216 g/mol. The lowest BCUT2D eigenvalue weighted by Crippen LogP contribution is -2.06. The number of carbonyl (C=O) groups is 2. The van der Waals surface area contributed by atoms with Crippen molar-refractivity contribution in [3.8, 4) is 0 Å². The van der Waals surface area contributed by atoms with Crippen molar-refractivity contribution in [2.45, 2.75) is 13.8 Å². The number of carbonyl (C=O) groups excluding carboxylic acids is 2. The molecule has 0 radical (unpaired) electrons. The minimum absolute atomic E-state index is 0.0761. The average Bonchev–Trinajstić information content (AvgIpc) is 2.57. The van der Waals surface area contributed by atoms with E-state index in [1.54, 1.807) is 6.20 Å². The zero-order valence-corrected chi connectivity index (χ0v) is 9.15. The first-order valence-corrected chi connectivity index (χ1v) is 4.98. The standard InChI is InChI=1S/C12H12N2O2/c1-8(15)13-11-7-14(9(2)16)12-6-4-3-5-10(11)12/h3-7H,1-2H3,(H,13,15). The van der Waals surface area contributed by atoms with Crippen LogP contribution in [0.5, 0.6) is 0 Å². The van der Waals surface area contributed by atoms with E-state index in [-0.39, 0.29) is 11.8 Å². The number of hydrogen-bond acceptors (Lipinski definition) is 2. The SMILES string of the molecule is CC(=O)Nc1cn(C(C)=O)c2ccccc12. The van der Waals surface area contributed by atoms with E-state index >= 15 is 0 Å². The lowest BCUT2D eigenvalue weighted by Gasteiger charge is -1.97. The second-order valence-electron chi connectivity index (χ2n) is 3.63. The van der Waals surface area contributed by atoms with E-state index < -0.39 is 0 Å². The number of aromatic nitrogens is 1. The lowest BCUT2D eigenvalue weighted by molar-refractivity contribution is -0.114. The van der Waals surface area contributed by atoms with Gasteiger partial charge in [-0.3, -0.25) is 14.2 Å². The molecule has 0 fully saturated rings. The van der Waals surface area contributed by atoms with Crippen LogP contribution in [0.4, 0.5) is 5.69 Å². The molecular formula is C12H12N2O2. The number of benzene rings is 1. The van der Waals surface area contributed by atoms with Crippen LogP contribution >= 0.6 is 0 Å². The van der Waals surface area contributed by atoms with Crippen molar-refractivity contribution in [1.29, 1.82) is 0 Å². The normalized spacial score (nSPS) is 10.4. The maximum absolute atomic E-state index is 11.4. The molecule has 82 valence electrons. The molecule has 4 nitrogen and oxygen atoms in total. The minimum atomic E-state index is -0.147. The van der Waals surface area contributed by atoms with E-state index in [1.165, 1.54) is 18.4 Å². The predicted molar refractivity (Wildman–Crippen MR) is 62.5 cm³/mol. The Morgan fingerprint density at radius 3 is 2.50 bits per heavy atom. The summed E-state index contributed by atoms with van der Waals surface area (Å²) in [6, 6.07) is 7.46. The first-order chi connectivity index (χ1) is 7.59. The Kier molecular flexibility index (Phi) is 2.48. The van der Waals surface area contributed by atoms with Gasteiger partial charge in [0.2, 0.25) is 11.8 Å². The number of fused-ring (bicyclic) bond motifs is 1. The van der Waals surface area contributed by atoms with Crippen LogP contribution in [0, 0.1) is 0 Å². The highest BCUT2D eigenvalue weighted by molar-refractivity contribution is 6.04. The fourth-order valence-corrected chi connectivity index (χ4v) is 1.73. The molecule has 1 aromatic carbocycles. The minimum Gasteiger partial charge on any atom is -0.324 e. The largest absolute Gasteiger partial charge is 0.324 e. The Morgan fingerprint density at radius 2 is 1.88 bits per heavy atom. The van der Waals surface area contributed by atoms with Crippen LogP contribution in [-0.4, -0.2) is 16.4 Å². The number of anilines is 1. The smallest absolute Gasteiger partial charge is 0.228 e. The topological polar surface area (TPSA) is 51.1 Å². The molecule has 0 saturated carbocycles. The molecule has 1 heterocycles. The van der Waals surface area contributed by atoms with E-state index in [4.69, 9.17) is 0 Å². The monoisotopic (exact) mass is 216 g/mol. The zero-order valence-electron chi connectivity index (χ0n) is 9.15. The van der Waals surface area contributed by atoms with Crippen molar-refractivity contribution in [1.82, 2.24) is 4.57 Å². The summed E-state index contributed by atoms with van der Waals surface area (Å²) in [5, 5.41) is 3.58. The van der Waals surface area contributed by atoms with Gasteiger partial charge in [-0.15, -0.1) is 0 Å². The summed E-state index contributed by atoms with van der Waals surface area (Å²) in [6.45, 7) is 2.93. The van der Waals surface area contributed by atoms with Gasteiger partial charge in [0.15, 0.2) is 0 Å². The molecule has 1 N–H and O–H groups in total. The molecule has 16 heavy (non-hydrogen) atoms. The van der Waals surface area contributed by atoms with Gasteiger partial charge in [0.25, 0.3) is 0 Å². The number of para-hydroxylation sites is 1. The van der Waals surface area contributed by atoms with E-state index in [9.17, 15) is 9.59 Å². The van der Waals surface area contributed by atoms with Crippen LogP contribution in [0.3, 0.4) is 0 Å². The molecule has 1 amide bonds. The van der Waals surface area contributed by atoms with Crippen molar-refractivity contribution in [2.24, 2.45) is 0 Å². The van der Waals surface area contributed by atoms with Gasteiger partial charge in [-0.1, -0.05) is 18.2 Å². The number of hydrogen-bond donors (Lipinski definition) is 1. The van der Waals surface area contributed by atoms with Crippen molar-refractivity contribution in [3.05, 3.63) is 30.5 Å². The molecular weight excluding hydrogens is 204 g/mol. The summed E-state index contributed by atoms with van der Waals surface area (Å²) in [7, 11) is 0. The highest BCUT2D eigenvalue weighted by Gasteiger charge is 2.10. The van der Waals surface area contributed by atoms with Gasteiger partial charge in [-0.2, -0.15) is 0 Å². The van der Waals surface area contributed by atoms with Crippen LogP contribution in [0.25, 0.3) is 10.9 Å². The van der Waals surface area contributed by atoms with Crippen molar-refractivity contribution < 1.29 is 9.59 Å². The zero-order chi connectivity index (χ0) is 11.7. The first kappa shape index (κ1) is 10.4. The van der Waals surface area contributed by atoms with E-state index in [0.29, 0.717) is 5.69 Å². The van der Waals surface area contributed by atoms with Crippen LogP contribution < -0.4 is 5.32 Å². The highest BCUT2D eigenvalue weighted by Crippen LogP contribution is 2.25. The number of rotatable bonds is 1. The number of nitrogens with zero attached hydrogens (tertiary/aromatic N) is 1. The van der Waals surface area contributed by atoms with Crippen LogP contribution in [0.1, 0.15) is 18.6 Å². The molecule has 0 aliphatic carbocycles. The maximum atomic E-state index is 11.4. The third-order valence-electron chi connectivity index (χ3n) is 2.36. The summed E-state index contributed by atoms with van der Waals surface area (Å²) in [6.07, 6.45) is 1.65. The highest BCUT2D eigenvalue weighted by atomic mass is 16.2. The molecule has 4 heteroatoms. The predicted octanol–water partition coefficient (Wildman–Crippen LogP) is 2.26. The van der Waals surface area contributed by atoms with Gasteiger partial charge in [-0.25, -0.2) is 0 Å². The molecule has 2 rings (SSSR count). The molecule has 0 aliphatic heterocycles. The molecule has 1 aromatic heterocycles. The van der Waals surface area contributed by atoms with E-state index in [0.717, 1.165) is 10.9 Å². The third kappa shape index (κ3) is 1.69. The molecule has 0 saturated heterocycles.